The molecular formula is C17H32O5. The zero-order valence-electron chi connectivity index (χ0n) is 13.7. The molecule has 0 saturated heterocycles. The van der Waals surface area contributed by atoms with Crippen LogP contribution in [0.3, 0.4) is 0 Å². The highest BCUT2D eigenvalue weighted by molar-refractivity contribution is 5.71. The second kappa shape index (κ2) is 16.3. The van der Waals surface area contributed by atoms with E-state index in [4.69, 9.17) is 14.9 Å². The molecule has 0 radical (unpaired) electrons. The molecule has 0 amide bonds. The lowest BCUT2D eigenvalue weighted by molar-refractivity contribution is -0.144. The van der Waals surface area contributed by atoms with Gasteiger partial charge in [-0.15, -0.1) is 0 Å². The molecule has 0 saturated carbocycles. The number of aliphatic hydroxyl groups excluding tert-OH is 1. The summed E-state index contributed by atoms with van der Waals surface area (Å²) in [5.74, 6) is -1.16. The number of ether oxygens (including phenoxy) is 1. The zero-order chi connectivity index (χ0) is 16.5. The quantitative estimate of drug-likeness (QED) is 0.335. The Morgan fingerprint density at radius 2 is 1.18 bits per heavy atom. The Labute approximate surface area is 134 Å². The van der Waals surface area contributed by atoms with Crippen LogP contribution in [0.5, 0.6) is 0 Å². The van der Waals surface area contributed by atoms with E-state index in [2.05, 4.69) is 0 Å². The Hall–Kier alpha value is -1.10. The summed E-state index contributed by atoms with van der Waals surface area (Å²) in [7, 11) is 0. The van der Waals surface area contributed by atoms with Crippen LogP contribution in [0.2, 0.25) is 0 Å². The van der Waals surface area contributed by atoms with E-state index in [1.54, 1.807) is 0 Å². The minimum Gasteiger partial charge on any atom is -0.481 e. The molecule has 5 nitrogen and oxygen atoms in total. The summed E-state index contributed by atoms with van der Waals surface area (Å²) in [6.45, 7) is 0.761. The third-order valence-electron chi connectivity index (χ3n) is 3.59. The van der Waals surface area contributed by atoms with Crippen molar-refractivity contribution < 1.29 is 24.5 Å². The molecule has 0 aromatic carbocycles. The lowest BCUT2D eigenvalue weighted by Crippen LogP contribution is -2.06. The predicted octanol–water partition coefficient (Wildman–Crippen LogP) is 3.68. The van der Waals surface area contributed by atoms with Crippen LogP contribution in [0.1, 0.15) is 83.5 Å². The van der Waals surface area contributed by atoms with Crippen molar-refractivity contribution in [2.45, 2.75) is 83.5 Å². The summed E-state index contributed by atoms with van der Waals surface area (Å²) in [5, 5.41) is 17.1. The van der Waals surface area contributed by atoms with Gasteiger partial charge in [-0.1, -0.05) is 51.4 Å². The Balaban J connectivity index is 3.13. The summed E-state index contributed by atoms with van der Waals surface area (Å²) in [6.07, 6.45) is 12.0. The fraction of sp³-hybridized carbons (Fsp3) is 0.882. The second-order valence-electron chi connectivity index (χ2n) is 5.73. The van der Waals surface area contributed by atoms with Crippen molar-refractivity contribution in [3.8, 4) is 0 Å². The van der Waals surface area contributed by atoms with Crippen LogP contribution in [-0.4, -0.2) is 35.4 Å². The van der Waals surface area contributed by atoms with E-state index in [9.17, 15) is 9.59 Å². The number of carboxylic acids is 1. The molecule has 0 atom stereocenters. The molecular weight excluding hydrogens is 284 g/mol. The third kappa shape index (κ3) is 17.0. The van der Waals surface area contributed by atoms with Crippen molar-refractivity contribution >= 4 is 11.9 Å². The van der Waals surface area contributed by atoms with Gasteiger partial charge in [-0.25, -0.2) is 0 Å². The van der Waals surface area contributed by atoms with E-state index in [0.29, 0.717) is 19.6 Å². The monoisotopic (exact) mass is 316 g/mol. The molecule has 0 aromatic heterocycles. The number of aliphatic hydroxyl groups is 1. The minimum atomic E-state index is -0.874. The number of carbonyl (C=O) groups excluding carboxylic acids is 1. The molecule has 5 heteroatoms. The Morgan fingerprint density at radius 1 is 0.682 bits per heavy atom. The number of carboxylic acid groups (broad SMARTS) is 1. The van der Waals surface area contributed by atoms with Gasteiger partial charge in [-0.2, -0.15) is 0 Å². The Morgan fingerprint density at radius 3 is 1.68 bits per heavy atom. The summed E-state index contributed by atoms with van der Waals surface area (Å²) in [6, 6.07) is 0. The van der Waals surface area contributed by atoms with Gasteiger partial charge in [0.1, 0.15) is 0 Å². The largest absolute Gasteiger partial charge is 0.481 e. The first kappa shape index (κ1) is 20.9. The van der Waals surface area contributed by atoms with Crippen molar-refractivity contribution in [1.82, 2.24) is 0 Å². The van der Waals surface area contributed by atoms with Crippen molar-refractivity contribution in [2.75, 3.05) is 13.2 Å². The highest BCUT2D eigenvalue weighted by atomic mass is 16.5. The van der Waals surface area contributed by atoms with Crippen LogP contribution >= 0.6 is 0 Å². The maximum absolute atomic E-state index is 11.3. The first-order valence-electron chi connectivity index (χ1n) is 8.65. The number of rotatable bonds is 16. The van der Waals surface area contributed by atoms with E-state index < -0.39 is 5.97 Å². The maximum Gasteiger partial charge on any atom is 0.305 e. The van der Waals surface area contributed by atoms with E-state index in [0.717, 1.165) is 25.7 Å². The second-order valence-corrected chi connectivity index (χ2v) is 5.73. The standard InChI is InChI=1S/C17H32O5/c18-14-9-7-5-3-1-2-4-6-8-10-15-22-17(21)13-11-12-16(19)20/h18H,1-15H2,(H,19,20). The normalized spacial score (nSPS) is 10.6. The van der Waals surface area contributed by atoms with E-state index in [1.165, 1.54) is 38.5 Å². The molecule has 0 bridgehead atoms. The van der Waals surface area contributed by atoms with Crippen LogP contribution < -0.4 is 0 Å². The number of hydrogen-bond donors (Lipinski definition) is 2. The van der Waals surface area contributed by atoms with Gasteiger partial charge in [-0.05, 0) is 19.3 Å². The van der Waals surface area contributed by atoms with Gasteiger partial charge in [0.05, 0.1) is 6.61 Å². The summed E-state index contributed by atoms with van der Waals surface area (Å²) >= 11 is 0. The first-order chi connectivity index (χ1) is 10.7. The number of carbonyl (C=O) groups is 2. The van der Waals surface area contributed by atoms with Gasteiger partial charge in [0, 0.05) is 19.4 Å². The van der Waals surface area contributed by atoms with E-state index in [-0.39, 0.29) is 18.8 Å². The lowest BCUT2D eigenvalue weighted by atomic mass is 10.1. The number of unbranched alkanes of at least 4 members (excludes halogenated alkanes) is 9. The van der Waals surface area contributed by atoms with Gasteiger partial charge in [0.15, 0.2) is 0 Å². The molecule has 0 aromatic rings. The minimum absolute atomic E-state index is 0.0229. The fourth-order valence-corrected chi connectivity index (χ4v) is 2.27. The van der Waals surface area contributed by atoms with E-state index in [1.807, 2.05) is 0 Å². The summed E-state index contributed by atoms with van der Waals surface area (Å²) < 4.78 is 5.05. The number of esters is 1. The van der Waals surface area contributed by atoms with Gasteiger partial charge < -0.3 is 14.9 Å². The van der Waals surface area contributed by atoms with Gasteiger partial charge >= 0.3 is 11.9 Å². The zero-order valence-corrected chi connectivity index (χ0v) is 13.7. The number of hydrogen-bond acceptors (Lipinski definition) is 4. The molecule has 0 aliphatic heterocycles. The predicted molar refractivity (Wildman–Crippen MR) is 85.7 cm³/mol. The van der Waals surface area contributed by atoms with Crippen LogP contribution in [0.15, 0.2) is 0 Å². The van der Waals surface area contributed by atoms with Gasteiger partial charge in [-0.3, -0.25) is 9.59 Å². The van der Waals surface area contributed by atoms with Crippen LogP contribution in [0.25, 0.3) is 0 Å². The highest BCUT2D eigenvalue weighted by Crippen LogP contribution is 2.10. The molecule has 0 rings (SSSR count). The molecule has 130 valence electrons. The van der Waals surface area contributed by atoms with Crippen molar-refractivity contribution in [3.05, 3.63) is 0 Å². The van der Waals surface area contributed by atoms with Gasteiger partial charge in [0.25, 0.3) is 0 Å². The smallest absolute Gasteiger partial charge is 0.305 e. The third-order valence-corrected chi connectivity index (χ3v) is 3.59. The summed E-state index contributed by atoms with van der Waals surface area (Å²) in [5.41, 5.74) is 0. The molecule has 0 heterocycles. The van der Waals surface area contributed by atoms with Crippen LogP contribution in [0, 0.1) is 0 Å². The average molecular weight is 316 g/mol. The SMILES string of the molecule is O=C(O)CCCC(=O)OCCCCCCCCCCCCO. The molecule has 0 aliphatic rings. The molecule has 0 aliphatic carbocycles. The van der Waals surface area contributed by atoms with Crippen LogP contribution in [0.4, 0.5) is 0 Å². The Bertz CT molecular complexity index is 278. The molecule has 2 N–H and O–H groups in total. The van der Waals surface area contributed by atoms with Crippen molar-refractivity contribution in [1.29, 1.82) is 0 Å². The topological polar surface area (TPSA) is 83.8 Å². The molecule has 0 fully saturated rings. The first-order valence-corrected chi connectivity index (χ1v) is 8.65. The Kier molecular flexibility index (Phi) is 15.5. The molecule has 0 spiro atoms. The van der Waals surface area contributed by atoms with Crippen LogP contribution in [-0.2, 0) is 14.3 Å². The molecule has 0 unspecified atom stereocenters. The lowest BCUT2D eigenvalue weighted by Gasteiger charge is -2.05. The average Bonchev–Trinajstić information content (AvgIpc) is 2.48. The number of aliphatic carboxylic acids is 1. The van der Waals surface area contributed by atoms with E-state index >= 15 is 0 Å². The van der Waals surface area contributed by atoms with Gasteiger partial charge in [0.2, 0.25) is 0 Å². The van der Waals surface area contributed by atoms with Crippen molar-refractivity contribution in [2.24, 2.45) is 0 Å². The van der Waals surface area contributed by atoms with Crippen molar-refractivity contribution in [3.63, 3.8) is 0 Å². The molecule has 22 heavy (non-hydrogen) atoms. The maximum atomic E-state index is 11.3. The highest BCUT2D eigenvalue weighted by Gasteiger charge is 2.04. The fourth-order valence-electron chi connectivity index (χ4n) is 2.27. The summed E-state index contributed by atoms with van der Waals surface area (Å²) in [4.78, 5) is 21.6.